The van der Waals surface area contributed by atoms with E-state index in [0.717, 1.165) is 12.8 Å². The van der Waals surface area contributed by atoms with E-state index in [-0.39, 0.29) is 11.5 Å². The Bertz CT molecular complexity index is 564. The third kappa shape index (κ3) is 3.57. The van der Waals surface area contributed by atoms with Crippen molar-refractivity contribution in [1.29, 1.82) is 0 Å². The fraction of sp³-hybridized carbons (Fsp3) is 0.583. The molecule has 1 fully saturated rings. The maximum atomic E-state index is 11.5. The molecule has 1 saturated heterocycles. The van der Waals surface area contributed by atoms with Crippen molar-refractivity contribution in [3.05, 3.63) is 24.0 Å². The molecule has 7 heteroatoms. The molecule has 1 N–H and O–H groups in total. The van der Waals surface area contributed by atoms with Crippen LogP contribution in [0.5, 0.6) is 0 Å². The quantitative estimate of drug-likeness (QED) is 0.890. The third-order valence-electron chi connectivity index (χ3n) is 3.42. The molecule has 1 aromatic rings. The molecule has 0 saturated carbocycles. The lowest BCUT2D eigenvalue weighted by Crippen LogP contribution is -2.40. The maximum absolute atomic E-state index is 11.5. The van der Waals surface area contributed by atoms with E-state index in [9.17, 15) is 13.2 Å². The van der Waals surface area contributed by atoms with Gasteiger partial charge in [-0.05, 0) is 24.8 Å². The molecule has 1 aliphatic rings. The molecule has 2 rings (SSSR count). The molecule has 2 heterocycles. The lowest BCUT2D eigenvalue weighted by atomic mass is 10.00. The van der Waals surface area contributed by atoms with E-state index < -0.39 is 16.0 Å². The number of carboxylic acid groups (broad SMARTS) is 1. The van der Waals surface area contributed by atoms with E-state index in [0.29, 0.717) is 19.6 Å². The molecular formula is C12H18N2O4S. The van der Waals surface area contributed by atoms with Crippen LogP contribution in [-0.2, 0) is 16.6 Å². The Kier molecular flexibility index (Phi) is 3.96. The first-order valence-electron chi connectivity index (χ1n) is 6.20. The lowest BCUT2D eigenvalue weighted by molar-refractivity contribution is 0.0696. The van der Waals surface area contributed by atoms with Crippen molar-refractivity contribution >= 4 is 16.0 Å². The number of carboxylic acids is 1. The number of sulfonamides is 1. The molecule has 0 bridgehead atoms. The Morgan fingerprint density at radius 3 is 2.84 bits per heavy atom. The molecular weight excluding hydrogens is 268 g/mol. The average molecular weight is 286 g/mol. The highest BCUT2D eigenvalue weighted by molar-refractivity contribution is 7.88. The fourth-order valence-corrected chi connectivity index (χ4v) is 3.40. The zero-order chi connectivity index (χ0) is 14.0. The Hall–Kier alpha value is -1.34. The molecule has 0 radical (unpaired) electrons. The monoisotopic (exact) mass is 286 g/mol. The summed E-state index contributed by atoms with van der Waals surface area (Å²) < 4.78 is 26.4. The zero-order valence-electron chi connectivity index (χ0n) is 10.8. The van der Waals surface area contributed by atoms with Gasteiger partial charge in [-0.2, -0.15) is 0 Å². The fourth-order valence-electron chi connectivity index (χ4n) is 2.46. The summed E-state index contributed by atoms with van der Waals surface area (Å²) in [6, 6.07) is 1.56. The van der Waals surface area contributed by atoms with Crippen LogP contribution in [-0.4, -0.2) is 47.7 Å². The first-order valence-corrected chi connectivity index (χ1v) is 8.05. The molecule has 19 heavy (non-hydrogen) atoms. The second kappa shape index (κ2) is 5.34. The van der Waals surface area contributed by atoms with E-state index in [1.807, 2.05) is 4.57 Å². The van der Waals surface area contributed by atoms with Crippen LogP contribution < -0.4 is 0 Å². The van der Waals surface area contributed by atoms with Gasteiger partial charge in [0.1, 0.15) is 0 Å². The van der Waals surface area contributed by atoms with E-state index in [1.165, 1.54) is 10.6 Å². The molecule has 1 aromatic heterocycles. The highest BCUT2D eigenvalue weighted by Crippen LogP contribution is 2.20. The van der Waals surface area contributed by atoms with Crippen LogP contribution in [0.3, 0.4) is 0 Å². The average Bonchev–Trinajstić information content (AvgIpc) is 2.77. The van der Waals surface area contributed by atoms with Crippen molar-refractivity contribution in [2.75, 3.05) is 19.3 Å². The van der Waals surface area contributed by atoms with E-state index >= 15 is 0 Å². The van der Waals surface area contributed by atoms with Gasteiger partial charge in [0.05, 0.1) is 11.8 Å². The number of rotatable bonds is 4. The predicted octanol–water partition coefficient (Wildman–Crippen LogP) is 0.858. The van der Waals surface area contributed by atoms with E-state index in [1.54, 1.807) is 18.5 Å². The molecule has 1 unspecified atom stereocenters. The van der Waals surface area contributed by atoms with Crippen molar-refractivity contribution in [2.45, 2.75) is 19.4 Å². The number of hydrogen-bond acceptors (Lipinski definition) is 3. The van der Waals surface area contributed by atoms with Crippen LogP contribution in [0.4, 0.5) is 0 Å². The van der Waals surface area contributed by atoms with E-state index in [2.05, 4.69) is 0 Å². The zero-order valence-corrected chi connectivity index (χ0v) is 11.6. The first kappa shape index (κ1) is 14.1. The van der Waals surface area contributed by atoms with Gasteiger partial charge in [0.15, 0.2) is 0 Å². The summed E-state index contributed by atoms with van der Waals surface area (Å²) in [6.45, 7) is 1.75. The van der Waals surface area contributed by atoms with Gasteiger partial charge in [0.2, 0.25) is 10.0 Å². The topological polar surface area (TPSA) is 79.6 Å². The van der Waals surface area contributed by atoms with Crippen LogP contribution >= 0.6 is 0 Å². The Balaban J connectivity index is 2.00. The molecule has 1 atom stereocenters. The van der Waals surface area contributed by atoms with Crippen molar-refractivity contribution in [3.8, 4) is 0 Å². The maximum Gasteiger partial charge on any atom is 0.337 e. The van der Waals surface area contributed by atoms with Crippen LogP contribution in [0.1, 0.15) is 23.2 Å². The first-order chi connectivity index (χ1) is 8.86. The van der Waals surface area contributed by atoms with E-state index in [4.69, 9.17) is 5.11 Å². The third-order valence-corrected chi connectivity index (χ3v) is 4.69. The highest BCUT2D eigenvalue weighted by Gasteiger charge is 2.26. The summed E-state index contributed by atoms with van der Waals surface area (Å²) in [5, 5.41) is 8.85. The van der Waals surface area contributed by atoms with Crippen LogP contribution in [0.25, 0.3) is 0 Å². The smallest absolute Gasteiger partial charge is 0.337 e. The molecule has 106 valence electrons. The second-order valence-electron chi connectivity index (χ2n) is 5.03. The van der Waals surface area contributed by atoms with Crippen molar-refractivity contribution in [3.63, 3.8) is 0 Å². The van der Waals surface area contributed by atoms with Gasteiger partial charge in [-0.25, -0.2) is 17.5 Å². The largest absolute Gasteiger partial charge is 0.478 e. The van der Waals surface area contributed by atoms with Crippen molar-refractivity contribution in [2.24, 2.45) is 5.92 Å². The number of aromatic carboxylic acids is 1. The summed E-state index contributed by atoms with van der Waals surface area (Å²) >= 11 is 0. The molecule has 1 aliphatic heterocycles. The lowest BCUT2D eigenvalue weighted by Gasteiger charge is -2.31. The minimum absolute atomic E-state index is 0.234. The second-order valence-corrected chi connectivity index (χ2v) is 7.01. The van der Waals surface area contributed by atoms with Gasteiger partial charge < -0.3 is 9.67 Å². The van der Waals surface area contributed by atoms with Crippen LogP contribution in [0, 0.1) is 5.92 Å². The molecule has 0 aliphatic carbocycles. The predicted molar refractivity (Wildman–Crippen MR) is 70.5 cm³/mol. The summed E-state index contributed by atoms with van der Waals surface area (Å²) in [5.74, 6) is -0.710. The van der Waals surface area contributed by atoms with Gasteiger partial charge in [0.25, 0.3) is 0 Å². The van der Waals surface area contributed by atoms with Crippen molar-refractivity contribution < 1.29 is 18.3 Å². The number of nitrogens with zero attached hydrogens (tertiary/aromatic N) is 2. The summed E-state index contributed by atoms with van der Waals surface area (Å²) in [5.41, 5.74) is 0.260. The van der Waals surface area contributed by atoms with Gasteiger partial charge in [-0.15, -0.1) is 0 Å². The van der Waals surface area contributed by atoms with Gasteiger partial charge in [0, 0.05) is 32.0 Å². The molecule has 0 amide bonds. The normalized spacial score (nSPS) is 21.4. The van der Waals surface area contributed by atoms with Crippen molar-refractivity contribution in [1.82, 2.24) is 8.87 Å². The Morgan fingerprint density at radius 1 is 1.53 bits per heavy atom. The van der Waals surface area contributed by atoms with Crippen LogP contribution in [0.15, 0.2) is 18.5 Å². The SMILES string of the molecule is CS(=O)(=O)N1CCCC(Cn2ccc(C(=O)O)c2)C1. The molecule has 0 spiro atoms. The summed E-state index contributed by atoms with van der Waals surface area (Å²) in [6.07, 6.45) is 6.36. The Morgan fingerprint density at radius 2 is 2.26 bits per heavy atom. The highest BCUT2D eigenvalue weighted by atomic mass is 32.2. The summed E-state index contributed by atoms with van der Waals surface area (Å²) in [4.78, 5) is 10.8. The minimum Gasteiger partial charge on any atom is -0.478 e. The molecule has 0 aromatic carbocycles. The Labute approximate surface area is 112 Å². The summed E-state index contributed by atoms with van der Waals surface area (Å²) in [7, 11) is -3.13. The van der Waals surface area contributed by atoms with Crippen LogP contribution in [0.2, 0.25) is 0 Å². The van der Waals surface area contributed by atoms with Gasteiger partial charge in [-0.3, -0.25) is 0 Å². The number of carbonyl (C=O) groups is 1. The number of hydrogen-bond donors (Lipinski definition) is 1. The number of piperidine rings is 1. The van der Waals surface area contributed by atoms with Gasteiger partial charge in [-0.1, -0.05) is 0 Å². The minimum atomic E-state index is -3.13. The standard InChI is InChI=1S/C12H18N2O4S/c1-19(17,18)14-5-2-3-10(8-14)7-13-6-4-11(9-13)12(15)16/h4,6,9-10H,2-3,5,7-8H2,1H3,(H,15,16). The van der Waals surface area contributed by atoms with Gasteiger partial charge >= 0.3 is 5.97 Å². The molecule has 6 nitrogen and oxygen atoms in total. The number of aromatic nitrogens is 1.